The molecule has 0 unspecified atom stereocenters. The molecule has 1 amide bonds. The zero-order chi connectivity index (χ0) is 11.5. The molecule has 2 nitrogen and oxygen atoms in total. The van der Waals surface area contributed by atoms with Gasteiger partial charge in [-0.15, -0.1) is 13.2 Å². The van der Waals surface area contributed by atoms with E-state index in [4.69, 9.17) is 5.73 Å². The van der Waals surface area contributed by atoms with Gasteiger partial charge in [0, 0.05) is 5.57 Å². The summed E-state index contributed by atoms with van der Waals surface area (Å²) in [6.07, 6.45) is 14.0. The van der Waals surface area contributed by atoms with Gasteiger partial charge in [0.15, 0.2) is 0 Å². The van der Waals surface area contributed by atoms with E-state index in [9.17, 15) is 4.79 Å². The van der Waals surface area contributed by atoms with Gasteiger partial charge < -0.3 is 5.73 Å². The third kappa shape index (κ3) is 7.26. The number of rotatable bonds is 7. The van der Waals surface area contributed by atoms with Crippen molar-refractivity contribution < 1.29 is 4.79 Å². The van der Waals surface area contributed by atoms with Gasteiger partial charge >= 0.3 is 0 Å². The number of amides is 1. The van der Waals surface area contributed by atoms with Gasteiger partial charge in [-0.1, -0.05) is 42.5 Å². The molecule has 0 rings (SSSR count). The second-order valence-electron chi connectivity index (χ2n) is 2.89. The van der Waals surface area contributed by atoms with Crippen LogP contribution in [0.15, 0.2) is 61.3 Å². The molecule has 0 bridgehead atoms. The molecule has 0 saturated carbocycles. The minimum absolute atomic E-state index is 0.408. The summed E-state index contributed by atoms with van der Waals surface area (Å²) >= 11 is 0. The minimum atomic E-state index is -0.408. The molecule has 2 heteroatoms. The Morgan fingerprint density at radius 2 is 1.87 bits per heavy atom. The normalized spacial score (nSPS) is 12.1. The quantitative estimate of drug-likeness (QED) is 0.386. The molecule has 0 aromatic heterocycles. The Balaban J connectivity index is 4.25. The summed E-state index contributed by atoms with van der Waals surface area (Å²) in [6, 6.07) is 0. The van der Waals surface area contributed by atoms with Gasteiger partial charge in [-0.2, -0.15) is 0 Å². The van der Waals surface area contributed by atoms with Crippen LogP contribution >= 0.6 is 0 Å². The molecular formula is C13H17NO. The average molecular weight is 203 g/mol. The van der Waals surface area contributed by atoms with Crippen LogP contribution in [-0.2, 0) is 4.79 Å². The van der Waals surface area contributed by atoms with Crippen molar-refractivity contribution in [2.45, 2.75) is 12.8 Å². The molecule has 0 atom stereocenters. The molecule has 0 spiro atoms. The number of carbonyl (C=O) groups excluding carboxylic acids is 1. The van der Waals surface area contributed by atoms with Gasteiger partial charge in [0.2, 0.25) is 5.91 Å². The molecule has 0 saturated heterocycles. The number of hydrogen-bond acceptors (Lipinski definition) is 1. The highest BCUT2D eigenvalue weighted by Gasteiger charge is 1.99. The third-order valence-electron chi connectivity index (χ3n) is 1.64. The van der Waals surface area contributed by atoms with Crippen molar-refractivity contribution in [3.05, 3.63) is 61.3 Å². The van der Waals surface area contributed by atoms with Crippen LogP contribution in [0, 0.1) is 0 Å². The van der Waals surface area contributed by atoms with Crippen molar-refractivity contribution in [3.8, 4) is 0 Å². The first-order valence-electron chi connectivity index (χ1n) is 4.76. The van der Waals surface area contributed by atoms with Crippen LogP contribution in [0.1, 0.15) is 12.8 Å². The second kappa shape index (κ2) is 8.75. The van der Waals surface area contributed by atoms with E-state index in [1.165, 1.54) is 0 Å². The first kappa shape index (κ1) is 13.2. The van der Waals surface area contributed by atoms with Crippen molar-refractivity contribution in [3.63, 3.8) is 0 Å². The lowest BCUT2D eigenvalue weighted by Crippen LogP contribution is -2.13. The highest BCUT2D eigenvalue weighted by Crippen LogP contribution is 2.01. The zero-order valence-electron chi connectivity index (χ0n) is 8.86. The van der Waals surface area contributed by atoms with Crippen molar-refractivity contribution in [2.75, 3.05) is 0 Å². The van der Waals surface area contributed by atoms with Crippen LogP contribution in [0.3, 0.4) is 0 Å². The lowest BCUT2D eigenvalue weighted by molar-refractivity contribution is -0.114. The first-order valence-corrected chi connectivity index (χ1v) is 4.76. The van der Waals surface area contributed by atoms with E-state index in [0.29, 0.717) is 12.0 Å². The molecule has 0 aliphatic heterocycles. The summed E-state index contributed by atoms with van der Waals surface area (Å²) in [4.78, 5) is 10.9. The van der Waals surface area contributed by atoms with Crippen LogP contribution in [-0.4, -0.2) is 5.91 Å². The van der Waals surface area contributed by atoms with E-state index in [-0.39, 0.29) is 0 Å². The molecule has 0 aliphatic rings. The number of hydrogen-bond donors (Lipinski definition) is 1. The van der Waals surface area contributed by atoms with Crippen molar-refractivity contribution >= 4 is 5.91 Å². The van der Waals surface area contributed by atoms with Crippen LogP contribution in [0.4, 0.5) is 0 Å². The van der Waals surface area contributed by atoms with Crippen molar-refractivity contribution in [1.29, 1.82) is 0 Å². The topological polar surface area (TPSA) is 43.1 Å². The monoisotopic (exact) mass is 203 g/mol. The fourth-order valence-electron chi connectivity index (χ4n) is 0.895. The summed E-state index contributed by atoms with van der Waals surface area (Å²) in [5, 5.41) is 0. The van der Waals surface area contributed by atoms with E-state index in [1.807, 2.05) is 24.3 Å². The van der Waals surface area contributed by atoms with E-state index >= 15 is 0 Å². The molecule has 0 radical (unpaired) electrons. The number of primary amides is 1. The second-order valence-corrected chi connectivity index (χ2v) is 2.89. The Labute approximate surface area is 91.2 Å². The summed E-state index contributed by atoms with van der Waals surface area (Å²) in [5.41, 5.74) is 5.72. The minimum Gasteiger partial charge on any atom is -0.366 e. The fourth-order valence-corrected chi connectivity index (χ4v) is 0.895. The predicted octanol–water partition coefficient (Wildman–Crippen LogP) is 2.66. The van der Waals surface area contributed by atoms with E-state index in [1.54, 1.807) is 18.2 Å². The van der Waals surface area contributed by atoms with Crippen LogP contribution in [0.2, 0.25) is 0 Å². The Morgan fingerprint density at radius 1 is 1.13 bits per heavy atom. The molecule has 0 heterocycles. The summed E-state index contributed by atoms with van der Waals surface area (Å²) in [7, 11) is 0. The van der Waals surface area contributed by atoms with Crippen LogP contribution < -0.4 is 5.73 Å². The maximum atomic E-state index is 10.9. The summed E-state index contributed by atoms with van der Waals surface area (Å²) in [5.74, 6) is -0.408. The lowest BCUT2D eigenvalue weighted by Gasteiger charge is -1.95. The number of nitrogens with two attached hydrogens (primary N) is 1. The average Bonchev–Trinajstić information content (AvgIpc) is 2.21. The number of allylic oxidation sites excluding steroid dienone is 7. The van der Waals surface area contributed by atoms with E-state index in [0.717, 1.165) is 6.42 Å². The van der Waals surface area contributed by atoms with Crippen molar-refractivity contribution in [1.82, 2.24) is 0 Å². The molecule has 0 aromatic rings. The Morgan fingerprint density at radius 3 is 2.40 bits per heavy atom. The van der Waals surface area contributed by atoms with E-state index in [2.05, 4.69) is 13.2 Å². The Bertz CT molecular complexity index is 308. The van der Waals surface area contributed by atoms with Gasteiger partial charge in [0.05, 0.1) is 0 Å². The molecule has 0 aliphatic carbocycles. The SMILES string of the molecule is C=CC/C=C/C=C/C=C(/CC=C)C(N)=O. The molecular weight excluding hydrogens is 186 g/mol. The number of carbonyl (C=O) groups is 1. The highest BCUT2D eigenvalue weighted by molar-refractivity contribution is 5.92. The van der Waals surface area contributed by atoms with Gasteiger partial charge in [-0.3, -0.25) is 4.79 Å². The summed E-state index contributed by atoms with van der Waals surface area (Å²) < 4.78 is 0. The molecule has 80 valence electrons. The third-order valence-corrected chi connectivity index (χ3v) is 1.64. The van der Waals surface area contributed by atoms with Gasteiger partial charge in [-0.05, 0) is 12.8 Å². The molecule has 0 aromatic carbocycles. The predicted molar refractivity (Wildman–Crippen MR) is 65.2 cm³/mol. The first-order chi connectivity index (χ1) is 7.22. The maximum Gasteiger partial charge on any atom is 0.244 e. The molecule has 0 fully saturated rings. The van der Waals surface area contributed by atoms with E-state index < -0.39 is 5.91 Å². The zero-order valence-corrected chi connectivity index (χ0v) is 8.86. The fraction of sp³-hybridized carbons (Fsp3) is 0.154. The summed E-state index contributed by atoms with van der Waals surface area (Å²) in [6.45, 7) is 7.15. The van der Waals surface area contributed by atoms with Gasteiger partial charge in [0.25, 0.3) is 0 Å². The lowest BCUT2D eigenvalue weighted by atomic mass is 10.1. The maximum absolute atomic E-state index is 10.9. The largest absolute Gasteiger partial charge is 0.366 e. The molecule has 2 N–H and O–H groups in total. The highest BCUT2D eigenvalue weighted by atomic mass is 16.1. The van der Waals surface area contributed by atoms with Crippen LogP contribution in [0.25, 0.3) is 0 Å². The molecule has 15 heavy (non-hydrogen) atoms. The Kier molecular flexibility index (Phi) is 7.69. The standard InChI is InChI=1S/C13H17NO/c1-3-5-6-7-8-9-11-12(10-4-2)13(14)15/h3-4,6-9,11H,1-2,5,10H2,(H2,14,15)/b7-6+,9-8+,12-11-. The van der Waals surface area contributed by atoms with Crippen molar-refractivity contribution in [2.24, 2.45) is 5.73 Å². The smallest absolute Gasteiger partial charge is 0.244 e. The van der Waals surface area contributed by atoms with Gasteiger partial charge in [-0.25, -0.2) is 0 Å². The Hall–Kier alpha value is -1.83. The van der Waals surface area contributed by atoms with Crippen LogP contribution in [0.5, 0.6) is 0 Å². The van der Waals surface area contributed by atoms with Gasteiger partial charge in [0.1, 0.15) is 0 Å².